The highest BCUT2D eigenvalue weighted by atomic mass is 79.9. The Morgan fingerprint density at radius 3 is 2.88 bits per heavy atom. The van der Waals surface area contributed by atoms with E-state index in [4.69, 9.17) is 5.73 Å². The number of carbonyl (C=O) groups excluding carboxylic acids is 1. The highest BCUT2D eigenvalue weighted by Crippen LogP contribution is 2.23. The molecule has 0 aliphatic heterocycles. The lowest BCUT2D eigenvalue weighted by Gasteiger charge is -2.12. The third-order valence-electron chi connectivity index (χ3n) is 2.50. The van der Waals surface area contributed by atoms with Crippen LogP contribution >= 0.6 is 15.9 Å². The molecule has 1 atom stereocenters. The number of amides is 1. The van der Waals surface area contributed by atoms with E-state index >= 15 is 0 Å². The second-order valence-corrected chi connectivity index (χ2v) is 5.14. The number of rotatable bonds is 5. The van der Waals surface area contributed by atoms with E-state index in [2.05, 4.69) is 28.2 Å². The minimum absolute atomic E-state index is 0.0303. The van der Waals surface area contributed by atoms with Crippen molar-refractivity contribution in [2.24, 2.45) is 5.73 Å². The van der Waals surface area contributed by atoms with Gasteiger partial charge >= 0.3 is 0 Å². The summed E-state index contributed by atoms with van der Waals surface area (Å²) in [5, 5.41) is 2.87. The number of hydrogen-bond acceptors (Lipinski definition) is 2. The average molecular weight is 299 g/mol. The fourth-order valence-electron chi connectivity index (χ4n) is 1.65. The van der Waals surface area contributed by atoms with Gasteiger partial charge in [-0.1, -0.05) is 19.4 Å². The fourth-order valence-corrected chi connectivity index (χ4v) is 1.99. The van der Waals surface area contributed by atoms with E-state index in [1.165, 1.54) is 0 Å². The molecule has 0 fully saturated rings. The van der Waals surface area contributed by atoms with E-state index in [1.54, 1.807) is 0 Å². The SMILES string of the molecule is CCCC(N)CC(=O)Nc1cc(C)ccc1Br. The van der Waals surface area contributed by atoms with Crippen molar-refractivity contribution in [2.75, 3.05) is 5.32 Å². The lowest BCUT2D eigenvalue weighted by atomic mass is 10.1. The van der Waals surface area contributed by atoms with Crippen molar-refractivity contribution < 1.29 is 4.79 Å². The first kappa shape index (κ1) is 14.2. The molecular formula is C13H19BrN2O. The number of nitrogens with one attached hydrogen (secondary N) is 1. The zero-order chi connectivity index (χ0) is 12.8. The van der Waals surface area contributed by atoms with Gasteiger partial charge in [0.05, 0.1) is 5.69 Å². The molecular weight excluding hydrogens is 280 g/mol. The molecule has 0 spiro atoms. The summed E-state index contributed by atoms with van der Waals surface area (Å²) in [6, 6.07) is 5.80. The Hall–Kier alpha value is -0.870. The van der Waals surface area contributed by atoms with Crippen LogP contribution in [0.3, 0.4) is 0 Å². The summed E-state index contributed by atoms with van der Waals surface area (Å²) in [6.45, 7) is 4.06. The van der Waals surface area contributed by atoms with Crippen LogP contribution in [0.15, 0.2) is 22.7 Å². The summed E-state index contributed by atoms with van der Waals surface area (Å²) >= 11 is 3.41. The highest BCUT2D eigenvalue weighted by molar-refractivity contribution is 9.10. The molecule has 3 nitrogen and oxygen atoms in total. The monoisotopic (exact) mass is 298 g/mol. The van der Waals surface area contributed by atoms with Crippen LogP contribution in [0, 0.1) is 6.92 Å². The van der Waals surface area contributed by atoms with Crippen molar-refractivity contribution in [1.29, 1.82) is 0 Å². The molecule has 0 aliphatic rings. The van der Waals surface area contributed by atoms with Gasteiger partial charge in [0.25, 0.3) is 0 Å². The van der Waals surface area contributed by atoms with Crippen molar-refractivity contribution in [3.8, 4) is 0 Å². The quantitative estimate of drug-likeness (QED) is 0.877. The van der Waals surface area contributed by atoms with Gasteiger partial charge in [-0.25, -0.2) is 0 Å². The molecule has 1 unspecified atom stereocenters. The fraction of sp³-hybridized carbons (Fsp3) is 0.462. The van der Waals surface area contributed by atoms with Gasteiger partial charge < -0.3 is 11.1 Å². The Morgan fingerprint density at radius 2 is 2.24 bits per heavy atom. The minimum Gasteiger partial charge on any atom is -0.327 e. The first-order valence-corrected chi connectivity index (χ1v) is 6.63. The smallest absolute Gasteiger partial charge is 0.225 e. The molecule has 0 saturated carbocycles. The maximum Gasteiger partial charge on any atom is 0.225 e. The van der Waals surface area contributed by atoms with Crippen LogP contribution in [0.5, 0.6) is 0 Å². The van der Waals surface area contributed by atoms with Gasteiger partial charge in [0, 0.05) is 16.9 Å². The standard InChI is InChI=1S/C13H19BrN2O/c1-3-4-10(15)8-13(17)16-12-7-9(2)5-6-11(12)14/h5-7,10H,3-4,8,15H2,1-2H3,(H,16,17). The second-order valence-electron chi connectivity index (χ2n) is 4.28. The summed E-state index contributed by atoms with van der Waals surface area (Å²) in [7, 11) is 0. The number of carbonyl (C=O) groups is 1. The van der Waals surface area contributed by atoms with Crippen LogP contribution in [0.25, 0.3) is 0 Å². The van der Waals surface area contributed by atoms with E-state index in [-0.39, 0.29) is 11.9 Å². The van der Waals surface area contributed by atoms with Crippen molar-refractivity contribution in [3.05, 3.63) is 28.2 Å². The van der Waals surface area contributed by atoms with Crippen molar-refractivity contribution in [2.45, 2.75) is 39.2 Å². The molecule has 3 N–H and O–H groups in total. The summed E-state index contributed by atoms with van der Waals surface area (Å²) in [5.41, 5.74) is 7.75. The molecule has 0 heterocycles. The number of hydrogen-bond donors (Lipinski definition) is 2. The van der Waals surface area contributed by atoms with Crippen LogP contribution in [0.1, 0.15) is 31.7 Å². The molecule has 94 valence electrons. The lowest BCUT2D eigenvalue weighted by Crippen LogP contribution is -2.26. The van der Waals surface area contributed by atoms with Crippen molar-refractivity contribution in [3.63, 3.8) is 0 Å². The number of nitrogens with two attached hydrogens (primary N) is 1. The van der Waals surface area contributed by atoms with E-state index in [0.717, 1.165) is 28.6 Å². The summed E-state index contributed by atoms with van der Waals surface area (Å²) in [6.07, 6.45) is 2.25. The molecule has 1 amide bonds. The number of halogens is 1. The van der Waals surface area contributed by atoms with Crippen LogP contribution in [0.2, 0.25) is 0 Å². The first-order valence-electron chi connectivity index (χ1n) is 5.84. The van der Waals surface area contributed by atoms with Crippen LogP contribution in [0.4, 0.5) is 5.69 Å². The first-order chi connectivity index (χ1) is 8.02. The van der Waals surface area contributed by atoms with Gasteiger partial charge in [0.15, 0.2) is 0 Å². The van der Waals surface area contributed by atoms with Crippen molar-refractivity contribution >= 4 is 27.5 Å². The predicted octanol–water partition coefficient (Wildman–Crippen LogP) is 3.21. The zero-order valence-corrected chi connectivity index (χ0v) is 11.9. The second kappa shape index (κ2) is 6.77. The van der Waals surface area contributed by atoms with E-state index in [9.17, 15) is 4.79 Å². The molecule has 1 aromatic carbocycles. The van der Waals surface area contributed by atoms with Gasteiger partial charge in [-0.15, -0.1) is 0 Å². The normalized spacial score (nSPS) is 12.2. The van der Waals surface area contributed by atoms with Crippen LogP contribution in [-0.4, -0.2) is 11.9 Å². The molecule has 0 aliphatic carbocycles. The molecule has 0 saturated heterocycles. The molecule has 0 aromatic heterocycles. The Labute approximate surface area is 111 Å². The Kier molecular flexibility index (Phi) is 5.65. The molecule has 1 aromatic rings. The third kappa shape index (κ3) is 4.88. The van der Waals surface area contributed by atoms with E-state index in [0.29, 0.717) is 6.42 Å². The molecule has 17 heavy (non-hydrogen) atoms. The number of aryl methyl sites for hydroxylation is 1. The Morgan fingerprint density at radius 1 is 1.53 bits per heavy atom. The summed E-state index contributed by atoms with van der Waals surface area (Å²) < 4.78 is 0.889. The van der Waals surface area contributed by atoms with Crippen LogP contribution < -0.4 is 11.1 Å². The maximum atomic E-state index is 11.7. The predicted molar refractivity (Wildman–Crippen MR) is 75.0 cm³/mol. The zero-order valence-electron chi connectivity index (χ0n) is 10.3. The Balaban J connectivity index is 2.58. The van der Waals surface area contributed by atoms with Gasteiger partial charge in [0.2, 0.25) is 5.91 Å². The molecule has 0 bridgehead atoms. The van der Waals surface area contributed by atoms with Crippen LogP contribution in [-0.2, 0) is 4.79 Å². The molecule has 1 rings (SSSR count). The largest absolute Gasteiger partial charge is 0.327 e. The Bertz CT molecular complexity index is 393. The molecule has 0 radical (unpaired) electrons. The summed E-state index contributed by atoms with van der Waals surface area (Å²) in [4.78, 5) is 11.7. The van der Waals surface area contributed by atoms with E-state index in [1.807, 2.05) is 25.1 Å². The summed E-state index contributed by atoms with van der Waals surface area (Å²) in [5.74, 6) is -0.0303. The number of benzene rings is 1. The third-order valence-corrected chi connectivity index (χ3v) is 3.19. The highest BCUT2D eigenvalue weighted by Gasteiger charge is 2.10. The topological polar surface area (TPSA) is 55.1 Å². The van der Waals surface area contributed by atoms with Gasteiger partial charge in [0.1, 0.15) is 0 Å². The average Bonchev–Trinajstić information content (AvgIpc) is 2.23. The lowest BCUT2D eigenvalue weighted by molar-refractivity contribution is -0.116. The maximum absolute atomic E-state index is 11.7. The number of anilines is 1. The van der Waals surface area contributed by atoms with E-state index < -0.39 is 0 Å². The molecule has 4 heteroatoms. The van der Waals surface area contributed by atoms with Gasteiger partial charge in [-0.05, 0) is 47.0 Å². The van der Waals surface area contributed by atoms with Gasteiger partial charge in [-0.3, -0.25) is 4.79 Å². The minimum atomic E-state index is -0.0522. The van der Waals surface area contributed by atoms with Gasteiger partial charge in [-0.2, -0.15) is 0 Å². The van der Waals surface area contributed by atoms with Crippen molar-refractivity contribution in [1.82, 2.24) is 0 Å².